The zero-order valence-corrected chi connectivity index (χ0v) is 57.2. The third-order valence-corrected chi connectivity index (χ3v) is 16.7. The number of esters is 2. The molecular weight excluding hydrogens is 1070 g/mol. The van der Waals surface area contributed by atoms with Crippen molar-refractivity contribution in [3.63, 3.8) is 0 Å². The molecular formula is C75H137NO8P+. The van der Waals surface area contributed by atoms with Crippen molar-refractivity contribution >= 4 is 19.8 Å². The summed E-state index contributed by atoms with van der Waals surface area (Å²) < 4.78 is 34.8. The Morgan fingerprint density at radius 1 is 0.376 bits per heavy atom. The first-order valence-corrected chi connectivity index (χ1v) is 37.3. The van der Waals surface area contributed by atoms with E-state index in [1.54, 1.807) is 0 Å². The molecule has 0 aliphatic rings. The van der Waals surface area contributed by atoms with E-state index in [4.69, 9.17) is 18.5 Å². The third kappa shape index (κ3) is 70.2. The molecule has 2 atom stereocenters. The number of allylic oxidation sites excluding steroid dienone is 14. The first-order chi connectivity index (χ1) is 41.5. The molecule has 2 unspecified atom stereocenters. The van der Waals surface area contributed by atoms with Gasteiger partial charge in [-0.05, 0) is 70.6 Å². The number of quaternary nitrogens is 1. The van der Waals surface area contributed by atoms with Gasteiger partial charge in [0.15, 0.2) is 6.10 Å². The minimum Gasteiger partial charge on any atom is -0.462 e. The molecule has 0 saturated carbocycles. The summed E-state index contributed by atoms with van der Waals surface area (Å²) in [7, 11) is 1.48. The maximum absolute atomic E-state index is 12.9. The molecule has 494 valence electrons. The van der Waals surface area contributed by atoms with Crippen LogP contribution in [0.15, 0.2) is 85.1 Å². The van der Waals surface area contributed by atoms with Crippen LogP contribution < -0.4 is 0 Å². The maximum Gasteiger partial charge on any atom is 0.472 e. The molecule has 0 saturated heterocycles. The summed E-state index contributed by atoms with van der Waals surface area (Å²) in [6, 6.07) is 0. The molecule has 0 rings (SSSR count). The van der Waals surface area contributed by atoms with Crippen LogP contribution in [0.1, 0.15) is 328 Å². The molecule has 0 spiro atoms. The van der Waals surface area contributed by atoms with E-state index in [2.05, 4.69) is 98.9 Å². The lowest BCUT2D eigenvalue weighted by Gasteiger charge is -2.24. The summed E-state index contributed by atoms with van der Waals surface area (Å²) in [5, 5.41) is 0. The highest BCUT2D eigenvalue weighted by Gasteiger charge is 2.27. The van der Waals surface area contributed by atoms with Crippen molar-refractivity contribution < 1.29 is 42.1 Å². The lowest BCUT2D eigenvalue weighted by Crippen LogP contribution is -2.37. The average Bonchev–Trinajstić information content (AvgIpc) is 3.51. The van der Waals surface area contributed by atoms with Crippen LogP contribution in [-0.2, 0) is 32.7 Å². The zero-order chi connectivity index (χ0) is 61.9. The Hall–Kier alpha value is -2.81. The smallest absolute Gasteiger partial charge is 0.462 e. The minimum atomic E-state index is -4.39. The van der Waals surface area contributed by atoms with Crippen LogP contribution in [0.2, 0.25) is 0 Å². The molecule has 0 amide bonds. The van der Waals surface area contributed by atoms with E-state index in [0.29, 0.717) is 23.9 Å². The van der Waals surface area contributed by atoms with Crippen molar-refractivity contribution in [3.8, 4) is 0 Å². The van der Waals surface area contributed by atoms with E-state index in [1.807, 2.05) is 21.1 Å². The molecule has 0 aliphatic heterocycles. The second-order valence-corrected chi connectivity index (χ2v) is 26.7. The van der Waals surface area contributed by atoms with Crippen molar-refractivity contribution in [2.45, 2.75) is 335 Å². The Kier molecular flexibility index (Phi) is 63.5. The van der Waals surface area contributed by atoms with Crippen LogP contribution in [0.5, 0.6) is 0 Å². The summed E-state index contributed by atoms with van der Waals surface area (Å²) in [5.41, 5.74) is 0. The topological polar surface area (TPSA) is 108 Å². The number of rotatable bonds is 66. The van der Waals surface area contributed by atoms with Crippen LogP contribution in [0, 0.1) is 0 Å². The molecule has 10 heteroatoms. The summed E-state index contributed by atoms with van der Waals surface area (Å²) in [5.74, 6) is -0.785. The standard InChI is InChI=1S/C75H136NO8P/c1-6-8-10-12-14-16-18-20-22-24-26-28-30-32-34-35-36-37-38-39-40-41-42-44-46-48-50-52-54-56-58-60-62-64-66-68-75(78)84-73(72-83-85(79,80)82-70-69-76(3,4)5)71-81-74(77)67-65-63-61-59-57-55-53-51-49-47-45-43-33-31-29-27-25-23-21-19-17-15-13-11-9-7-2/h8,10,14,16,20,22,26,28,32,34,36-37,39-40,73H,6-7,9,11-13,15,17-19,21,23-25,27,29-31,33,35,38,41-72H2,1-5H3/p+1/b10-8-,16-14-,22-20-,28-26-,34-32-,37-36-,40-39-. The number of unbranched alkanes of at least 4 members (excludes halogenated alkanes) is 38. The average molecular weight is 1210 g/mol. The van der Waals surface area contributed by atoms with E-state index in [-0.39, 0.29) is 25.6 Å². The first-order valence-electron chi connectivity index (χ1n) is 35.8. The van der Waals surface area contributed by atoms with Crippen LogP contribution in [-0.4, -0.2) is 74.9 Å². The fourth-order valence-corrected chi connectivity index (χ4v) is 11.0. The van der Waals surface area contributed by atoms with Crippen LogP contribution in [0.3, 0.4) is 0 Å². The largest absolute Gasteiger partial charge is 0.472 e. The Morgan fingerprint density at radius 2 is 0.671 bits per heavy atom. The summed E-state index contributed by atoms with van der Waals surface area (Å²) >= 11 is 0. The van der Waals surface area contributed by atoms with Crippen LogP contribution in [0.4, 0.5) is 0 Å². The summed E-state index contributed by atoms with van der Waals surface area (Å²) in [6.07, 6.45) is 89.8. The number of nitrogens with zero attached hydrogens (tertiary/aromatic N) is 1. The number of likely N-dealkylation sites (N-methyl/N-ethyl adjacent to an activating group) is 1. The van der Waals surface area contributed by atoms with E-state index in [9.17, 15) is 19.0 Å². The third-order valence-electron chi connectivity index (χ3n) is 15.7. The minimum absolute atomic E-state index is 0.0309. The molecule has 0 aliphatic carbocycles. The Balaban J connectivity index is 4.03. The second kappa shape index (κ2) is 65.6. The predicted molar refractivity (Wildman–Crippen MR) is 367 cm³/mol. The van der Waals surface area contributed by atoms with Crippen molar-refractivity contribution in [1.29, 1.82) is 0 Å². The number of hydrogen-bond donors (Lipinski definition) is 1. The zero-order valence-electron chi connectivity index (χ0n) is 56.3. The lowest BCUT2D eigenvalue weighted by molar-refractivity contribution is -0.870. The highest BCUT2D eigenvalue weighted by atomic mass is 31.2. The van der Waals surface area contributed by atoms with Crippen molar-refractivity contribution in [2.24, 2.45) is 0 Å². The summed E-state index contributed by atoms with van der Waals surface area (Å²) in [4.78, 5) is 35.9. The lowest BCUT2D eigenvalue weighted by atomic mass is 10.0. The van der Waals surface area contributed by atoms with Gasteiger partial charge < -0.3 is 18.9 Å². The van der Waals surface area contributed by atoms with Crippen molar-refractivity contribution in [3.05, 3.63) is 85.1 Å². The van der Waals surface area contributed by atoms with Gasteiger partial charge in [0.25, 0.3) is 0 Å². The number of ether oxygens (including phenoxy) is 2. The SMILES string of the molecule is CC/C=C\C/C=C\C/C=C\C/C=C\C/C=C\C/C=C\C/C=C\CCCCCCCCCCCCCCCC(=O)OC(COC(=O)CCCCCCCCCCCCCCCCCCCCCCCCCCCC)COP(=O)(O)OCC[N+](C)(C)C. The van der Waals surface area contributed by atoms with E-state index < -0.39 is 26.5 Å². The van der Waals surface area contributed by atoms with Gasteiger partial charge in [0.2, 0.25) is 0 Å². The van der Waals surface area contributed by atoms with Gasteiger partial charge in [-0.1, -0.05) is 330 Å². The number of carbonyl (C=O) groups excluding carboxylic acids is 2. The van der Waals surface area contributed by atoms with Gasteiger partial charge in [-0.15, -0.1) is 0 Å². The van der Waals surface area contributed by atoms with Gasteiger partial charge in [-0.3, -0.25) is 18.6 Å². The number of carbonyl (C=O) groups is 2. The fraction of sp³-hybridized carbons (Fsp3) is 0.787. The van der Waals surface area contributed by atoms with Gasteiger partial charge in [0.1, 0.15) is 19.8 Å². The van der Waals surface area contributed by atoms with Gasteiger partial charge in [0, 0.05) is 12.8 Å². The quantitative estimate of drug-likeness (QED) is 0.0211. The number of phosphoric acid groups is 1. The Bertz CT molecular complexity index is 1710. The monoisotopic (exact) mass is 1210 g/mol. The normalized spacial score (nSPS) is 13.6. The Morgan fingerprint density at radius 3 is 1.00 bits per heavy atom. The van der Waals surface area contributed by atoms with Crippen molar-refractivity contribution in [2.75, 3.05) is 47.5 Å². The molecule has 9 nitrogen and oxygen atoms in total. The van der Waals surface area contributed by atoms with E-state index in [1.165, 1.54) is 212 Å². The maximum atomic E-state index is 12.9. The second-order valence-electron chi connectivity index (χ2n) is 25.3. The van der Waals surface area contributed by atoms with Gasteiger partial charge >= 0.3 is 19.8 Å². The Labute approximate surface area is 526 Å². The summed E-state index contributed by atoms with van der Waals surface area (Å²) in [6.45, 7) is 4.37. The molecule has 0 aromatic rings. The van der Waals surface area contributed by atoms with E-state index >= 15 is 0 Å². The highest BCUT2D eigenvalue weighted by Crippen LogP contribution is 2.43. The molecule has 0 aromatic carbocycles. The van der Waals surface area contributed by atoms with E-state index in [0.717, 1.165) is 83.5 Å². The molecule has 0 radical (unpaired) electrons. The van der Waals surface area contributed by atoms with Crippen LogP contribution in [0.25, 0.3) is 0 Å². The van der Waals surface area contributed by atoms with Crippen molar-refractivity contribution in [1.82, 2.24) is 0 Å². The number of phosphoric ester groups is 1. The number of hydrogen-bond acceptors (Lipinski definition) is 7. The van der Waals surface area contributed by atoms with Crippen LogP contribution >= 0.6 is 7.82 Å². The molecule has 0 bridgehead atoms. The molecule has 0 heterocycles. The molecule has 1 N–H and O–H groups in total. The van der Waals surface area contributed by atoms with Gasteiger partial charge in [-0.25, -0.2) is 4.57 Å². The van der Waals surface area contributed by atoms with Gasteiger partial charge in [0.05, 0.1) is 27.7 Å². The fourth-order valence-electron chi connectivity index (χ4n) is 10.2. The molecule has 85 heavy (non-hydrogen) atoms. The van der Waals surface area contributed by atoms with Gasteiger partial charge in [-0.2, -0.15) is 0 Å². The first kappa shape index (κ1) is 82.2. The molecule has 0 fully saturated rings. The highest BCUT2D eigenvalue weighted by molar-refractivity contribution is 7.47. The molecule has 0 aromatic heterocycles. The predicted octanol–water partition coefficient (Wildman–Crippen LogP) is 23.3.